The number of carbonyl (C=O) groups excluding carboxylic acids is 1. The molecule has 2 N–H and O–H groups in total. The molecular formula is C15H30N2O. The van der Waals surface area contributed by atoms with Gasteiger partial charge < -0.3 is 10.6 Å². The Morgan fingerprint density at radius 3 is 2.33 bits per heavy atom. The van der Waals surface area contributed by atoms with Crippen molar-refractivity contribution in [1.29, 1.82) is 0 Å². The maximum atomic E-state index is 11.8. The molecule has 0 aromatic heterocycles. The molecule has 0 aromatic carbocycles. The van der Waals surface area contributed by atoms with Gasteiger partial charge in [0.2, 0.25) is 5.91 Å². The van der Waals surface area contributed by atoms with Gasteiger partial charge in [-0.25, -0.2) is 0 Å². The predicted octanol–water partition coefficient (Wildman–Crippen LogP) is 2.99. The van der Waals surface area contributed by atoms with Crippen molar-refractivity contribution in [3.63, 3.8) is 0 Å². The Hall–Kier alpha value is -0.570. The summed E-state index contributed by atoms with van der Waals surface area (Å²) >= 11 is 0. The molecule has 0 aliphatic heterocycles. The Morgan fingerprint density at radius 1 is 1.11 bits per heavy atom. The van der Waals surface area contributed by atoms with Crippen molar-refractivity contribution in [1.82, 2.24) is 10.6 Å². The van der Waals surface area contributed by atoms with E-state index in [1.54, 1.807) is 0 Å². The van der Waals surface area contributed by atoms with Gasteiger partial charge in [0.05, 0.1) is 0 Å². The van der Waals surface area contributed by atoms with Gasteiger partial charge in [0.25, 0.3) is 0 Å². The number of nitrogens with one attached hydrogen (secondary N) is 2. The fourth-order valence-electron chi connectivity index (χ4n) is 2.54. The van der Waals surface area contributed by atoms with Gasteiger partial charge in [-0.1, -0.05) is 46.0 Å². The molecular weight excluding hydrogens is 224 g/mol. The first-order valence-electron chi connectivity index (χ1n) is 7.71. The van der Waals surface area contributed by atoms with Crippen molar-refractivity contribution in [3.05, 3.63) is 0 Å². The first kappa shape index (κ1) is 15.5. The minimum atomic E-state index is 0.242. The minimum absolute atomic E-state index is 0.242. The topological polar surface area (TPSA) is 41.1 Å². The van der Waals surface area contributed by atoms with Crippen LogP contribution in [0.25, 0.3) is 0 Å². The Balaban J connectivity index is 2.09. The van der Waals surface area contributed by atoms with E-state index >= 15 is 0 Å². The Bertz CT molecular complexity index is 221. The predicted molar refractivity (Wildman–Crippen MR) is 76.6 cm³/mol. The fraction of sp³-hybridized carbons (Fsp3) is 0.933. The highest BCUT2D eigenvalue weighted by Gasteiger charge is 2.13. The van der Waals surface area contributed by atoms with Crippen LogP contribution in [0.3, 0.4) is 0 Å². The highest BCUT2D eigenvalue weighted by Crippen LogP contribution is 2.17. The summed E-state index contributed by atoms with van der Waals surface area (Å²) < 4.78 is 0. The Morgan fingerprint density at radius 2 is 1.72 bits per heavy atom. The van der Waals surface area contributed by atoms with Crippen LogP contribution in [0.15, 0.2) is 0 Å². The first-order valence-corrected chi connectivity index (χ1v) is 7.71. The average molecular weight is 254 g/mol. The lowest BCUT2D eigenvalue weighted by molar-refractivity contribution is -0.122. The molecule has 0 radical (unpaired) electrons. The van der Waals surface area contributed by atoms with Crippen LogP contribution in [0, 0.1) is 0 Å². The smallest absolute Gasteiger partial charge is 0.220 e. The summed E-state index contributed by atoms with van der Waals surface area (Å²) in [6, 6.07) is 0.953. The summed E-state index contributed by atoms with van der Waals surface area (Å²) in [6.45, 7) is 5.21. The molecule has 18 heavy (non-hydrogen) atoms. The molecule has 3 heteroatoms. The van der Waals surface area contributed by atoms with Crippen LogP contribution in [0.2, 0.25) is 0 Å². The highest BCUT2D eigenvalue weighted by molar-refractivity contribution is 5.76. The maximum Gasteiger partial charge on any atom is 0.220 e. The van der Waals surface area contributed by atoms with Gasteiger partial charge in [-0.15, -0.1) is 0 Å². The molecule has 0 atom stereocenters. The quantitative estimate of drug-likeness (QED) is 0.715. The van der Waals surface area contributed by atoms with Crippen LogP contribution in [0.4, 0.5) is 0 Å². The summed E-state index contributed by atoms with van der Waals surface area (Å²) in [4.78, 5) is 11.8. The summed E-state index contributed by atoms with van der Waals surface area (Å²) in [5.74, 6) is 0.242. The van der Waals surface area contributed by atoms with Gasteiger partial charge in [0, 0.05) is 18.5 Å². The lowest BCUT2D eigenvalue weighted by Crippen LogP contribution is -2.35. The van der Waals surface area contributed by atoms with E-state index in [1.807, 2.05) is 0 Å². The van der Waals surface area contributed by atoms with E-state index in [-0.39, 0.29) is 5.91 Å². The van der Waals surface area contributed by atoms with Crippen LogP contribution in [0.5, 0.6) is 0 Å². The third-order valence-electron chi connectivity index (χ3n) is 3.60. The molecule has 3 nitrogen and oxygen atoms in total. The molecule has 0 unspecified atom stereocenters. The fourth-order valence-corrected chi connectivity index (χ4v) is 2.54. The van der Waals surface area contributed by atoms with Crippen LogP contribution in [-0.2, 0) is 4.79 Å². The van der Waals surface area contributed by atoms with Crippen molar-refractivity contribution < 1.29 is 4.79 Å². The van der Waals surface area contributed by atoms with Crippen LogP contribution >= 0.6 is 0 Å². The Labute approximate surface area is 112 Å². The molecule has 106 valence electrons. The Kier molecular flexibility index (Phi) is 8.06. The average Bonchev–Trinajstić information content (AvgIpc) is 2.28. The van der Waals surface area contributed by atoms with E-state index < -0.39 is 0 Å². The van der Waals surface area contributed by atoms with E-state index in [0.717, 1.165) is 13.0 Å². The van der Waals surface area contributed by atoms with Crippen molar-refractivity contribution in [2.75, 3.05) is 6.54 Å². The molecule has 0 heterocycles. The van der Waals surface area contributed by atoms with Gasteiger partial charge >= 0.3 is 0 Å². The molecule has 0 spiro atoms. The monoisotopic (exact) mass is 254 g/mol. The first-order chi connectivity index (χ1) is 8.68. The van der Waals surface area contributed by atoms with Crippen LogP contribution in [0.1, 0.15) is 71.6 Å². The third kappa shape index (κ3) is 7.70. The van der Waals surface area contributed by atoms with Crippen molar-refractivity contribution in [2.24, 2.45) is 0 Å². The van der Waals surface area contributed by atoms with Crippen molar-refractivity contribution in [3.8, 4) is 0 Å². The van der Waals surface area contributed by atoms with Gasteiger partial charge in [-0.2, -0.15) is 0 Å². The summed E-state index contributed by atoms with van der Waals surface area (Å²) in [5.41, 5.74) is 0. The highest BCUT2D eigenvalue weighted by atomic mass is 16.1. The molecule has 1 saturated carbocycles. The van der Waals surface area contributed by atoms with Gasteiger partial charge in [0.15, 0.2) is 0 Å². The van der Waals surface area contributed by atoms with E-state index in [2.05, 4.69) is 24.5 Å². The van der Waals surface area contributed by atoms with E-state index in [1.165, 1.54) is 44.9 Å². The number of amides is 1. The van der Waals surface area contributed by atoms with Crippen molar-refractivity contribution >= 4 is 5.91 Å². The molecule has 0 bridgehead atoms. The SMILES string of the molecule is CC(C)NCCCC(=O)NC1CCCCCCC1. The normalized spacial score (nSPS) is 18.4. The second-order valence-electron chi connectivity index (χ2n) is 5.82. The lowest BCUT2D eigenvalue weighted by Gasteiger charge is -2.21. The minimum Gasteiger partial charge on any atom is -0.353 e. The molecule has 1 aliphatic carbocycles. The molecule has 0 saturated heterocycles. The van der Waals surface area contributed by atoms with Crippen LogP contribution < -0.4 is 10.6 Å². The van der Waals surface area contributed by atoms with E-state index in [0.29, 0.717) is 18.5 Å². The zero-order valence-electron chi connectivity index (χ0n) is 12.1. The molecule has 1 fully saturated rings. The number of carbonyl (C=O) groups is 1. The standard InChI is InChI=1S/C15H30N2O/c1-13(2)16-12-8-11-15(18)17-14-9-6-4-3-5-7-10-14/h13-14,16H,3-12H2,1-2H3,(H,17,18). The lowest BCUT2D eigenvalue weighted by atomic mass is 9.96. The zero-order valence-corrected chi connectivity index (χ0v) is 12.1. The third-order valence-corrected chi connectivity index (χ3v) is 3.60. The summed E-state index contributed by atoms with van der Waals surface area (Å²) in [5, 5.41) is 6.55. The second-order valence-corrected chi connectivity index (χ2v) is 5.82. The van der Waals surface area contributed by atoms with E-state index in [4.69, 9.17) is 0 Å². The largest absolute Gasteiger partial charge is 0.353 e. The zero-order chi connectivity index (χ0) is 13.2. The summed E-state index contributed by atoms with van der Waals surface area (Å²) in [7, 11) is 0. The summed E-state index contributed by atoms with van der Waals surface area (Å²) in [6.07, 6.45) is 10.6. The number of rotatable bonds is 6. The number of hydrogen-bond acceptors (Lipinski definition) is 2. The molecule has 1 rings (SSSR count). The van der Waals surface area contributed by atoms with Gasteiger partial charge in [-0.05, 0) is 25.8 Å². The van der Waals surface area contributed by atoms with Gasteiger partial charge in [-0.3, -0.25) is 4.79 Å². The van der Waals surface area contributed by atoms with Crippen molar-refractivity contribution in [2.45, 2.75) is 83.7 Å². The maximum absolute atomic E-state index is 11.8. The van der Waals surface area contributed by atoms with Gasteiger partial charge in [0.1, 0.15) is 0 Å². The second kappa shape index (κ2) is 9.37. The molecule has 0 aromatic rings. The van der Waals surface area contributed by atoms with Crippen LogP contribution in [-0.4, -0.2) is 24.5 Å². The van der Waals surface area contributed by atoms with E-state index in [9.17, 15) is 4.79 Å². The molecule has 1 amide bonds. The molecule has 1 aliphatic rings. The number of hydrogen-bond donors (Lipinski definition) is 2.